The van der Waals surface area contributed by atoms with Crippen LogP contribution in [0.3, 0.4) is 0 Å². The lowest BCUT2D eigenvalue weighted by molar-refractivity contribution is -0.173. The minimum absolute atomic E-state index is 0.150. The Hall–Kier alpha value is -2.03. The number of alkyl halides is 3. The summed E-state index contributed by atoms with van der Waals surface area (Å²) < 4.78 is 43.0. The number of nitrogens with zero attached hydrogens (tertiary/aromatic N) is 3. The lowest BCUT2D eigenvalue weighted by atomic mass is 9.96. The number of carbonyl (C=O) groups is 1. The highest BCUT2D eigenvalue weighted by molar-refractivity contribution is 9.10. The van der Waals surface area contributed by atoms with Crippen molar-refractivity contribution >= 4 is 27.7 Å². The molecule has 4 rings (SSSR count). The molecule has 2 unspecified atom stereocenters. The van der Waals surface area contributed by atoms with Crippen LogP contribution in [0.25, 0.3) is 0 Å². The zero-order valence-electron chi connectivity index (χ0n) is 15.0. The van der Waals surface area contributed by atoms with Crippen molar-refractivity contribution in [3.63, 3.8) is 0 Å². The van der Waals surface area contributed by atoms with E-state index in [1.165, 1.54) is 6.20 Å². The highest BCUT2D eigenvalue weighted by Gasteiger charge is 2.47. The van der Waals surface area contributed by atoms with Crippen molar-refractivity contribution in [3.8, 4) is 0 Å². The number of rotatable bonds is 2. The van der Waals surface area contributed by atoms with Gasteiger partial charge in [0.15, 0.2) is 6.04 Å². The van der Waals surface area contributed by atoms with Crippen LogP contribution in [-0.4, -0.2) is 39.9 Å². The number of fused-ring (bicyclic) bond motifs is 1. The number of hydrogen-bond acceptors (Lipinski definition) is 3. The van der Waals surface area contributed by atoms with E-state index >= 15 is 0 Å². The summed E-state index contributed by atoms with van der Waals surface area (Å²) in [5.41, 5.74) is 0.944. The number of hydrogen-bond donors (Lipinski definition) is 1. The van der Waals surface area contributed by atoms with Crippen LogP contribution in [0.1, 0.15) is 53.7 Å². The number of anilines is 1. The van der Waals surface area contributed by atoms with E-state index in [0.29, 0.717) is 13.1 Å². The largest absolute Gasteiger partial charge is 0.410 e. The smallest absolute Gasteiger partial charge is 0.363 e. The second-order valence-corrected chi connectivity index (χ2v) is 8.16. The first-order valence-electron chi connectivity index (χ1n) is 9.30. The molecule has 9 heteroatoms. The monoisotopic (exact) mass is 456 g/mol. The lowest BCUT2D eigenvalue weighted by Crippen LogP contribution is -2.38. The molecular weight excluding hydrogens is 437 g/mol. The molecule has 2 atom stereocenters. The predicted octanol–water partition coefficient (Wildman–Crippen LogP) is 4.93. The minimum Gasteiger partial charge on any atom is -0.363 e. The standard InChI is InChI=1S/C19H20BrF3N4O/c20-13-6-4-12(5-7-13)15-10-16(19(21,22)23)27-17(25-15)14(11-24-27)18(28)26-8-2-1-3-9-26/h4-7,11,15-16,25H,1-3,8-10H2. The molecule has 1 aromatic heterocycles. The first-order valence-corrected chi connectivity index (χ1v) is 10.1. The Labute approximate surface area is 169 Å². The predicted molar refractivity (Wildman–Crippen MR) is 102 cm³/mol. The van der Waals surface area contributed by atoms with Crippen molar-refractivity contribution < 1.29 is 18.0 Å². The summed E-state index contributed by atoms with van der Waals surface area (Å²) >= 11 is 3.34. The number of carbonyl (C=O) groups excluding carboxylic acids is 1. The van der Waals surface area contributed by atoms with Gasteiger partial charge in [0, 0.05) is 24.0 Å². The van der Waals surface area contributed by atoms with Crippen LogP contribution in [0.15, 0.2) is 34.9 Å². The SMILES string of the molecule is O=C(c1cnn2c1NC(c1ccc(Br)cc1)CC2C(F)(F)F)N1CCCCC1. The van der Waals surface area contributed by atoms with Gasteiger partial charge in [-0.1, -0.05) is 28.1 Å². The number of piperidine rings is 1. The van der Waals surface area contributed by atoms with E-state index in [0.717, 1.165) is 34.0 Å². The molecule has 1 fully saturated rings. The summed E-state index contributed by atoms with van der Waals surface area (Å²) in [6.07, 6.45) is -0.484. The van der Waals surface area contributed by atoms with E-state index in [1.54, 1.807) is 29.2 Å². The number of amides is 1. The van der Waals surface area contributed by atoms with E-state index in [2.05, 4.69) is 26.3 Å². The van der Waals surface area contributed by atoms with Gasteiger partial charge in [-0.3, -0.25) is 4.79 Å². The third-order valence-corrected chi connectivity index (χ3v) is 5.91. The molecule has 28 heavy (non-hydrogen) atoms. The van der Waals surface area contributed by atoms with Crippen LogP contribution >= 0.6 is 15.9 Å². The number of halogens is 4. The van der Waals surface area contributed by atoms with Crippen molar-refractivity contribution in [2.45, 2.75) is 43.9 Å². The van der Waals surface area contributed by atoms with E-state index in [4.69, 9.17) is 0 Å². The van der Waals surface area contributed by atoms with Gasteiger partial charge in [-0.2, -0.15) is 18.3 Å². The third-order valence-electron chi connectivity index (χ3n) is 5.38. The van der Waals surface area contributed by atoms with Gasteiger partial charge >= 0.3 is 6.18 Å². The highest BCUT2D eigenvalue weighted by Crippen LogP contribution is 2.44. The first-order chi connectivity index (χ1) is 13.3. The molecule has 3 heterocycles. The molecule has 0 bridgehead atoms. The first kappa shape index (κ1) is 19.3. The molecule has 0 radical (unpaired) electrons. The van der Waals surface area contributed by atoms with Gasteiger partial charge in [0.25, 0.3) is 5.91 Å². The molecule has 150 valence electrons. The molecule has 1 aromatic carbocycles. The van der Waals surface area contributed by atoms with Crippen LogP contribution < -0.4 is 5.32 Å². The average Bonchev–Trinajstić information content (AvgIpc) is 3.11. The van der Waals surface area contributed by atoms with E-state index in [1.807, 2.05) is 0 Å². The highest BCUT2D eigenvalue weighted by atomic mass is 79.9. The Morgan fingerprint density at radius 3 is 2.46 bits per heavy atom. The van der Waals surface area contributed by atoms with Gasteiger partial charge in [0.05, 0.1) is 12.2 Å². The Balaban J connectivity index is 1.70. The van der Waals surface area contributed by atoms with Crippen molar-refractivity contribution in [1.82, 2.24) is 14.7 Å². The fraction of sp³-hybridized carbons (Fsp3) is 0.474. The van der Waals surface area contributed by atoms with Crippen molar-refractivity contribution in [2.75, 3.05) is 18.4 Å². The lowest BCUT2D eigenvalue weighted by Gasteiger charge is -2.34. The molecule has 2 aromatic rings. The van der Waals surface area contributed by atoms with Gasteiger partial charge in [-0.25, -0.2) is 4.68 Å². The molecule has 2 aliphatic heterocycles. The van der Waals surface area contributed by atoms with Gasteiger partial charge in [-0.15, -0.1) is 0 Å². The molecule has 0 saturated carbocycles. The molecule has 1 saturated heterocycles. The van der Waals surface area contributed by atoms with Gasteiger partial charge in [0.2, 0.25) is 0 Å². The second-order valence-electron chi connectivity index (χ2n) is 7.25. The molecule has 0 aliphatic carbocycles. The van der Waals surface area contributed by atoms with Crippen molar-refractivity contribution in [1.29, 1.82) is 0 Å². The van der Waals surface area contributed by atoms with Gasteiger partial charge in [0.1, 0.15) is 11.4 Å². The third kappa shape index (κ3) is 3.64. The Bertz CT molecular complexity index is 859. The second kappa shape index (κ2) is 7.42. The van der Waals surface area contributed by atoms with Crippen LogP contribution in [0, 0.1) is 0 Å². The number of likely N-dealkylation sites (tertiary alicyclic amines) is 1. The van der Waals surface area contributed by atoms with E-state index in [9.17, 15) is 18.0 Å². The average molecular weight is 457 g/mol. The zero-order valence-corrected chi connectivity index (χ0v) is 16.6. The molecule has 0 spiro atoms. The number of nitrogens with one attached hydrogen (secondary N) is 1. The maximum Gasteiger partial charge on any atom is 0.410 e. The van der Waals surface area contributed by atoms with Crippen LogP contribution in [0.5, 0.6) is 0 Å². The summed E-state index contributed by atoms with van der Waals surface area (Å²) in [4.78, 5) is 14.6. The Morgan fingerprint density at radius 2 is 1.82 bits per heavy atom. The molecule has 2 aliphatic rings. The van der Waals surface area contributed by atoms with Crippen molar-refractivity contribution in [3.05, 3.63) is 46.1 Å². The van der Waals surface area contributed by atoms with Crippen molar-refractivity contribution in [2.24, 2.45) is 0 Å². The Morgan fingerprint density at radius 1 is 1.14 bits per heavy atom. The van der Waals surface area contributed by atoms with Gasteiger partial charge in [-0.05, 0) is 37.0 Å². The van der Waals surface area contributed by atoms with Crippen LogP contribution in [0.2, 0.25) is 0 Å². The summed E-state index contributed by atoms with van der Waals surface area (Å²) in [5.74, 6) is -0.108. The summed E-state index contributed by atoms with van der Waals surface area (Å²) in [5, 5.41) is 7.08. The van der Waals surface area contributed by atoms with E-state index in [-0.39, 0.29) is 23.7 Å². The number of aromatic nitrogens is 2. The minimum atomic E-state index is -4.46. The quantitative estimate of drug-likeness (QED) is 0.696. The topological polar surface area (TPSA) is 50.2 Å². The van der Waals surface area contributed by atoms with E-state index < -0.39 is 18.3 Å². The molecule has 5 nitrogen and oxygen atoms in total. The Kier molecular flexibility index (Phi) is 5.11. The fourth-order valence-corrected chi connectivity index (χ4v) is 4.16. The van der Waals surface area contributed by atoms with Crippen LogP contribution in [-0.2, 0) is 0 Å². The maximum atomic E-state index is 13.7. The summed E-state index contributed by atoms with van der Waals surface area (Å²) in [7, 11) is 0. The number of benzene rings is 1. The molecule has 1 amide bonds. The summed E-state index contributed by atoms with van der Waals surface area (Å²) in [6, 6.07) is 4.83. The van der Waals surface area contributed by atoms with Gasteiger partial charge < -0.3 is 10.2 Å². The maximum absolute atomic E-state index is 13.7. The molecular formula is C19H20BrF3N4O. The normalized spacial score (nSPS) is 22.5. The van der Waals surface area contributed by atoms with Crippen LogP contribution in [0.4, 0.5) is 19.0 Å². The zero-order chi connectivity index (χ0) is 19.9. The summed E-state index contributed by atoms with van der Waals surface area (Å²) in [6.45, 7) is 1.25. The fourth-order valence-electron chi connectivity index (χ4n) is 3.90. The molecule has 1 N–H and O–H groups in total.